The van der Waals surface area contributed by atoms with Crippen LogP contribution >= 0.6 is 23.2 Å². The van der Waals surface area contributed by atoms with Gasteiger partial charge in [-0.2, -0.15) is 0 Å². The van der Waals surface area contributed by atoms with Crippen LogP contribution in [0.1, 0.15) is 18.7 Å². The van der Waals surface area contributed by atoms with Crippen molar-refractivity contribution in [3.05, 3.63) is 64.0 Å². The van der Waals surface area contributed by atoms with Gasteiger partial charge in [-0.05, 0) is 57.1 Å². The summed E-state index contributed by atoms with van der Waals surface area (Å²) in [6.45, 7) is 4.91. The summed E-state index contributed by atoms with van der Waals surface area (Å²) < 4.78 is 37.2. The summed E-state index contributed by atoms with van der Waals surface area (Å²) in [5.41, 5.74) is 0.550. The SMILES string of the molecule is Cc1nc(Cl)c(-c2c(F)cc(OCCN3CCCC3)cc2F)n1-c1ccc(Cl)cc1. The highest BCUT2D eigenvalue weighted by Crippen LogP contribution is 2.37. The molecule has 1 aliphatic rings. The molecule has 4 rings (SSSR count). The highest BCUT2D eigenvalue weighted by molar-refractivity contribution is 6.32. The van der Waals surface area contributed by atoms with Crippen LogP contribution in [-0.4, -0.2) is 40.7 Å². The van der Waals surface area contributed by atoms with Crippen LogP contribution in [0.25, 0.3) is 16.9 Å². The van der Waals surface area contributed by atoms with Gasteiger partial charge in [-0.25, -0.2) is 13.8 Å². The third kappa shape index (κ3) is 4.31. The molecule has 1 aromatic heterocycles. The standard InChI is InChI=1S/C22H21Cl2F2N3O/c1-14-27-22(24)21(29(14)16-6-4-15(23)5-7-16)20-18(25)12-17(13-19(20)26)30-11-10-28-8-2-3-9-28/h4-7,12-13H,2-3,8-11H2,1H3. The van der Waals surface area contributed by atoms with E-state index in [1.54, 1.807) is 35.8 Å². The Bertz CT molecular complexity index is 1020. The van der Waals surface area contributed by atoms with Crippen LogP contribution < -0.4 is 4.74 Å². The average Bonchev–Trinajstić information content (AvgIpc) is 3.30. The van der Waals surface area contributed by atoms with Crippen molar-refractivity contribution in [3.8, 4) is 22.7 Å². The van der Waals surface area contributed by atoms with Crippen molar-refractivity contribution in [1.29, 1.82) is 0 Å². The molecular weight excluding hydrogens is 431 g/mol. The van der Waals surface area contributed by atoms with Gasteiger partial charge in [0.1, 0.15) is 29.8 Å². The molecule has 0 aliphatic carbocycles. The van der Waals surface area contributed by atoms with E-state index in [1.165, 1.54) is 25.0 Å². The lowest BCUT2D eigenvalue weighted by molar-refractivity contribution is 0.236. The zero-order valence-corrected chi connectivity index (χ0v) is 18.0. The fourth-order valence-corrected chi connectivity index (χ4v) is 4.21. The molecular formula is C22H21Cl2F2N3O. The molecule has 0 unspecified atom stereocenters. The summed E-state index contributed by atoms with van der Waals surface area (Å²) in [6, 6.07) is 9.24. The molecule has 1 aliphatic heterocycles. The Morgan fingerprint density at radius 2 is 1.67 bits per heavy atom. The molecule has 0 spiro atoms. The normalized spacial score (nSPS) is 14.4. The number of ether oxygens (including phenoxy) is 1. The number of hydrogen-bond acceptors (Lipinski definition) is 3. The molecule has 0 saturated carbocycles. The Morgan fingerprint density at radius 3 is 2.30 bits per heavy atom. The maximum atomic E-state index is 15.0. The van der Waals surface area contributed by atoms with Crippen LogP contribution in [0.15, 0.2) is 36.4 Å². The van der Waals surface area contributed by atoms with E-state index in [2.05, 4.69) is 9.88 Å². The zero-order valence-electron chi connectivity index (χ0n) is 16.5. The minimum atomic E-state index is -0.761. The van der Waals surface area contributed by atoms with Crippen LogP contribution in [0.2, 0.25) is 10.2 Å². The molecule has 0 atom stereocenters. The Morgan fingerprint density at radius 1 is 1.03 bits per heavy atom. The van der Waals surface area contributed by atoms with Crippen molar-refractivity contribution in [2.45, 2.75) is 19.8 Å². The van der Waals surface area contributed by atoms with E-state index in [4.69, 9.17) is 27.9 Å². The second kappa shape index (κ2) is 8.92. The number of likely N-dealkylation sites (tertiary alicyclic amines) is 1. The van der Waals surface area contributed by atoms with Gasteiger partial charge in [-0.15, -0.1) is 0 Å². The summed E-state index contributed by atoms with van der Waals surface area (Å²) in [7, 11) is 0. The van der Waals surface area contributed by atoms with Gasteiger partial charge >= 0.3 is 0 Å². The molecule has 4 nitrogen and oxygen atoms in total. The molecule has 0 N–H and O–H groups in total. The van der Waals surface area contributed by atoms with E-state index in [0.29, 0.717) is 23.1 Å². The Kier molecular flexibility index (Phi) is 6.27. The minimum Gasteiger partial charge on any atom is -0.492 e. The van der Waals surface area contributed by atoms with Crippen LogP contribution in [0.3, 0.4) is 0 Å². The van der Waals surface area contributed by atoms with Crippen molar-refractivity contribution in [3.63, 3.8) is 0 Å². The fourth-order valence-electron chi connectivity index (χ4n) is 3.78. The van der Waals surface area contributed by atoms with Crippen molar-refractivity contribution < 1.29 is 13.5 Å². The maximum absolute atomic E-state index is 15.0. The molecule has 2 heterocycles. The molecule has 1 saturated heterocycles. The predicted octanol–water partition coefficient (Wildman–Crippen LogP) is 5.91. The molecule has 3 aromatic rings. The van der Waals surface area contributed by atoms with Gasteiger partial charge in [-0.1, -0.05) is 23.2 Å². The van der Waals surface area contributed by atoms with E-state index in [-0.39, 0.29) is 22.2 Å². The van der Waals surface area contributed by atoms with E-state index in [1.807, 2.05) is 0 Å². The maximum Gasteiger partial charge on any atom is 0.155 e. The van der Waals surface area contributed by atoms with Gasteiger partial charge in [-0.3, -0.25) is 9.47 Å². The van der Waals surface area contributed by atoms with Crippen LogP contribution in [0.5, 0.6) is 5.75 Å². The topological polar surface area (TPSA) is 30.3 Å². The molecule has 8 heteroatoms. The largest absolute Gasteiger partial charge is 0.492 e. The number of aromatic nitrogens is 2. The van der Waals surface area contributed by atoms with Gasteiger partial charge < -0.3 is 4.74 Å². The lowest BCUT2D eigenvalue weighted by Crippen LogP contribution is -2.25. The van der Waals surface area contributed by atoms with E-state index >= 15 is 8.78 Å². The van der Waals surface area contributed by atoms with Crippen molar-refractivity contribution in [1.82, 2.24) is 14.5 Å². The first-order valence-electron chi connectivity index (χ1n) is 9.79. The molecule has 0 amide bonds. The molecule has 1 fully saturated rings. The number of imidazole rings is 1. The predicted molar refractivity (Wildman–Crippen MR) is 115 cm³/mol. The third-order valence-corrected chi connectivity index (χ3v) is 5.73. The number of nitrogens with zero attached hydrogens (tertiary/aromatic N) is 3. The molecule has 2 aromatic carbocycles. The lowest BCUT2D eigenvalue weighted by atomic mass is 10.1. The number of benzene rings is 2. The van der Waals surface area contributed by atoms with E-state index in [9.17, 15) is 0 Å². The van der Waals surface area contributed by atoms with Crippen LogP contribution in [0, 0.1) is 18.6 Å². The number of aryl methyl sites for hydroxylation is 1. The Hall–Kier alpha value is -2.15. The van der Waals surface area contributed by atoms with Crippen molar-refractivity contribution in [2.24, 2.45) is 0 Å². The average molecular weight is 452 g/mol. The Labute approximate surface area is 184 Å². The number of rotatable bonds is 6. The van der Waals surface area contributed by atoms with Crippen LogP contribution in [-0.2, 0) is 0 Å². The fraction of sp³-hybridized carbons (Fsp3) is 0.318. The minimum absolute atomic E-state index is 0.0166. The Balaban J connectivity index is 1.65. The highest BCUT2D eigenvalue weighted by Gasteiger charge is 2.24. The smallest absolute Gasteiger partial charge is 0.155 e. The lowest BCUT2D eigenvalue weighted by Gasteiger charge is -2.16. The summed E-state index contributed by atoms with van der Waals surface area (Å²) in [5.74, 6) is -0.869. The van der Waals surface area contributed by atoms with E-state index in [0.717, 1.165) is 19.6 Å². The number of halogens is 4. The summed E-state index contributed by atoms with van der Waals surface area (Å²) >= 11 is 12.2. The van der Waals surface area contributed by atoms with Gasteiger partial charge in [0.05, 0.1) is 11.3 Å². The second-order valence-corrected chi connectivity index (χ2v) is 8.06. The van der Waals surface area contributed by atoms with Gasteiger partial charge in [0.15, 0.2) is 5.15 Å². The quantitative estimate of drug-likeness (QED) is 0.466. The summed E-state index contributed by atoms with van der Waals surface area (Å²) in [6.07, 6.45) is 2.36. The third-order valence-electron chi connectivity index (χ3n) is 5.21. The number of hydrogen-bond donors (Lipinski definition) is 0. The molecule has 158 valence electrons. The molecule has 0 radical (unpaired) electrons. The monoisotopic (exact) mass is 451 g/mol. The van der Waals surface area contributed by atoms with E-state index < -0.39 is 11.6 Å². The van der Waals surface area contributed by atoms with Crippen LogP contribution in [0.4, 0.5) is 8.78 Å². The summed E-state index contributed by atoms with van der Waals surface area (Å²) in [5, 5.41) is 0.569. The first kappa shape index (κ1) is 21.1. The van der Waals surface area contributed by atoms with Gasteiger partial charge in [0, 0.05) is 29.4 Å². The van der Waals surface area contributed by atoms with Crippen molar-refractivity contribution >= 4 is 23.2 Å². The second-order valence-electron chi connectivity index (χ2n) is 7.27. The summed E-state index contributed by atoms with van der Waals surface area (Å²) in [4.78, 5) is 6.48. The first-order chi connectivity index (χ1) is 14.4. The zero-order chi connectivity index (χ0) is 21.3. The van der Waals surface area contributed by atoms with Gasteiger partial charge in [0.2, 0.25) is 0 Å². The molecule has 30 heavy (non-hydrogen) atoms. The van der Waals surface area contributed by atoms with Crippen molar-refractivity contribution in [2.75, 3.05) is 26.2 Å². The highest BCUT2D eigenvalue weighted by atomic mass is 35.5. The molecule has 0 bridgehead atoms. The van der Waals surface area contributed by atoms with Gasteiger partial charge in [0.25, 0.3) is 0 Å². The first-order valence-corrected chi connectivity index (χ1v) is 10.5.